The second-order valence-electron chi connectivity index (χ2n) is 7.73. The van der Waals surface area contributed by atoms with E-state index in [0.717, 1.165) is 56.5 Å². The number of hydrogen-bond donors (Lipinski definition) is 1. The third-order valence-electron chi connectivity index (χ3n) is 5.97. The lowest BCUT2D eigenvalue weighted by molar-refractivity contribution is -0.146. The molecular formula is C17H24ClN3O. The van der Waals surface area contributed by atoms with E-state index < -0.39 is 0 Å². The lowest BCUT2D eigenvalue weighted by Crippen LogP contribution is -2.53. The summed E-state index contributed by atoms with van der Waals surface area (Å²) in [6, 6.07) is 0. The highest BCUT2D eigenvalue weighted by Gasteiger charge is 2.54. The SMILES string of the molecule is O=C(NCCCn1cc(Cl)cn1)C12CC3CC(CC(C3)C1)C2. The lowest BCUT2D eigenvalue weighted by Gasteiger charge is -2.55. The Morgan fingerprint density at radius 2 is 1.91 bits per heavy atom. The number of nitrogens with zero attached hydrogens (tertiary/aromatic N) is 2. The zero-order valence-electron chi connectivity index (χ0n) is 12.9. The van der Waals surface area contributed by atoms with Crippen LogP contribution in [-0.4, -0.2) is 22.2 Å². The number of hydrogen-bond acceptors (Lipinski definition) is 2. The van der Waals surface area contributed by atoms with Crippen LogP contribution in [0.4, 0.5) is 0 Å². The number of nitrogens with one attached hydrogen (secondary N) is 1. The summed E-state index contributed by atoms with van der Waals surface area (Å²) in [6.45, 7) is 1.53. The van der Waals surface area contributed by atoms with Gasteiger partial charge >= 0.3 is 0 Å². The quantitative estimate of drug-likeness (QED) is 0.846. The summed E-state index contributed by atoms with van der Waals surface area (Å²) in [7, 11) is 0. The Labute approximate surface area is 136 Å². The van der Waals surface area contributed by atoms with Gasteiger partial charge in [0.15, 0.2) is 0 Å². The van der Waals surface area contributed by atoms with Gasteiger partial charge in [-0.2, -0.15) is 5.10 Å². The van der Waals surface area contributed by atoms with Crippen LogP contribution in [0.2, 0.25) is 5.02 Å². The summed E-state index contributed by atoms with van der Waals surface area (Å²) in [5.41, 5.74) is -0.0240. The van der Waals surface area contributed by atoms with Gasteiger partial charge in [0.25, 0.3) is 0 Å². The van der Waals surface area contributed by atoms with E-state index >= 15 is 0 Å². The number of carbonyl (C=O) groups is 1. The zero-order valence-corrected chi connectivity index (χ0v) is 13.7. The lowest BCUT2D eigenvalue weighted by atomic mass is 9.49. The molecule has 1 aromatic rings. The van der Waals surface area contributed by atoms with Crippen LogP contribution in [0, 0.1) is 23.2 Å². The topological polar surface area (TPSA) is 46.9 Å². The number of carbonyl (C=O) groups excluding carboxylic acids is 1. The van der Waals surface area contributed by atoms with E-state index in [9.17, 15) is 4.79 Å². The van der Waals surface area contributed by atoms with E-state index in [1.54, 1.807) is 6.20 Å². The van der Waals surface area contributed by atoms with Gasteiger partial charge in [-0.1, -0.05) is 11.6 Å². The maximum atomic E-state index is 12.8. The Morgan fingerprint density at radius 3 is 2.45 bits per heavy atom. The second-order valence-corrected chi connectivity index (χ2v) is 8.17. The van der Waals surface area contributed by atoms with Crippen LogP contribution < -0.4 is 5.32 Å². The van der Waals surface area contributed by atoms with Crippen molar-refractivity contribution in [3.8, 4) is 0 Å². The number of rotatable bonds is 5. The van der Waals surface area contributed by atoms with Crippen molar-refractivity contribution >= 4 is 17.5 Å². The standard InChI is InChI=1S/C17H24ClN3O/c18-15-10-20-21(11-15)3-1-2-19-16(22)17-7-12-4-13(8-17)6-14(5-12)9-17/h10-14H,1-9H2,(H,19,22). The molecule has 0 spiro atoms. The van der Waals surface area contributed by atoms with E-state index in [1.807, 2.05) is 10.9 Å². The molecule has 1 heterocycles. The Balaban J connectivity index is 1.29. The minimum atomic E-state index is -0.0240. The van der Waals surface area contributed by atoms with Crippen molar-refractivity contribution in [3.05, 3.63) is 17.4 Å². The van der Waals surface area contributed by atoms with Crippen LogP contribution in [0.1, 0.15) is 44.9 Å². The minimum Gasteiger partial charge on any atom is -0.356 e. The largest absolute Gasteiger partial charge is 0.356 e. The molecule has 120 valence electrons. The van der Waals surface area contributed by atoms with Gasteiger partial charge in [0.1, 0.15) is 0 Å². The van der Waals surface area contributed by atoms with Crippen molar-refractivity contribution in [2.24, 2.45) is 23.2 Å². The molecule has 22 heavy (non-hydrogen) atoms. The first-order valence-electron chi connectivity index (χ1n) is 8.59. The molecule has 5 rings (SSSR count). The normalized spacial score (nSPS) is 35.8. The Kier molecular flexibility index (Phi) is 3.67. The maximum absolute atomic E-state index is 12.8. The Bertz CT molecular complexity index is 533. The van der Waals surface area contributed by atoms with Gasteiger partial charge in [-0.15, -0.1) is 0 Å². The number of aromatic nitrogens is 2. The summed E-state index contributed by atoms with van der Waals surface area (Å²) < 4.78 is 1.83. The van der Waals surface area contributed by atoms with Crippen LogP contribution in [0.5, 0.6) is 0 Å². The van der Waals surface area contributed by atoms with Gasteiger partial charge in [-0.25, -0.2) is 0 Å². The van der Waals surface area contributed by atoms with Gasteiger partial charge < -0.3 is 5.32 Å². The van der Waals surface area contributed by atoms with Gasteiger partial charge in [-0.3, -0.25) is 9.48 Å². The van der Waals surface area contributed by atoms with Crippen LogP contribution in [0.25, 0.3) is 0 Å². The van der Waals surface area contributed by atoms with Crippen molar-refractivity contribution in [1.82, 2.24) is 15.1 Å². The highest BCUT2D eigenvalue weighted by atomic mass is 35.5. The molecule has 0 aromatic carbocycles. The summed E-state index contributed by atoms with van der Waals surface area (Å²) in [5.74, 6) is 2.79. The summed E-state index contributed by atoms with van der Waals surface area (Å²) in [4.78, 5) is 12.8. The van der Waals surface area contributed by atoms with E-state index in [-0.39, 0.29) is 5.41 Å². The highest BCUT2D eigenvalue weighted by molar-refractivity contribution is 6.30. The first-order valence-corrected chi connectivity index (χ1v) is 8.97. The van der Waals surface area contributed by atoms with Gasteiger partial charge in [-0.05, 0) is 62.7 Å². The van der Waals surface area contributed by atoms with E-state index in [4.69, 9.17) is 11.6 Å². The molecule has 4 aliphatic rings. The van der Waals surface area contributed by atoms with Crippen LogP contribution in [-0.2, 0) is 11.3 Å². The van der Waals surface area contributed by atoms with E-state index in [1.165, 1.54) is 19.3 Å². The number of aryl methyl sites for hydroxylation is 1. The number of halogens is 1. The minimum absolute atomic E-state index is 0.0240. The fraction of sp³-hybridized carbons (Fsp3) is 0.765. The van der Waals surface area contributed by atoms with Crippen molar-refractivity contribution < 1.29 is 4.79 Å². The molecule has 4 aliphatic carbocycles. The predicted octanol–water partition coefficient (Wildman–Crippen LogP) is 3.26. The Morgan fingerprint density at radius 1 is 1.27 bits per heavy atom. The summed E-state index contributed by atoms with van der Waals surface area (Å²) >= 11 is 5.85. The molecule has 1 aromatic heterocycles. The molecular weight excluding hydrogens is 298 g/mol. The van der Waals surface area contributed by atoms with Gasteiger partial charge in [0, 0.05) is 24.7 Å². The third kappa shape index (κ3) is 2.66. The first kappa shape index (κ1) is 14.6. The highest BCUT2D eigenvalue weighted by Crippen LogP contribution is 2.60. The molecule has 5 heteroatoms. The fourth-order valence-electron chi connectivity index (χ4n) is 5.48. The molecule has 0 radical (unpaired) electrons. The molecule has 4 saturated carbocycles. The maximum Gasteiger partial charge on any atom is 0.226 e. The van der Waals surface area contributed by atoms with Gasteiger partial charge in [0.2, 0.25) is 5.91 Å². The van der Waals surface area contributed by atoms with E-state index in [2.05, 4.69) is 10.4 Å². The zero-order chi connectivity index (χ0) is 15.2. The van der Waals surface area contributed by atoms with Crippen molar-refractivity contribution in [1.29, 1.82) is 0 Å². The van der Waals surface area contributed by atoms with Crippen LogP contribution in [0.15, 0.2) is 12.4 Å². The van der Waals surface area contributed by atoms with Crippen molar-refractivity contribution in [3.63, 3.8) is 0 Å². The van der Waals surface area contributed by atoms with Crippen molar-refractivity contribution in [2.75, 3.05) is 6.54 Å². The molecule has 0 aliphatic heterocycles. The van der Waals surface area contributed by atoms with E-state index in [0.29, 0.717) is 10.9 Å². The third-order valence-corrected chi connectivity index (χ3v) is 6.17. The van der Waals surface area contributed by atoms with Crippen LogP contribution >= 0.6 is 11.6 Å². The molecule has 0 unspecified atom stereocenters. The number of amides is 1. The van der Waals surface area contributed by atoms with Gasteiger partial charge in [0.05, 0.1) is 11.2 Å². The molecule has 4 nitrogen and oxygen atoms in total. The summed E-state index contributed by atoms with van der Waals surface area (Å²) in [5, 5.41) is 8.03. The molecule has 0 atom stereocenters. The predicted molar refractivity (Wildman–Crippen MR) is 85.5 cm³/mol. The van der Waals surface area contributed by atoms with Crippen LogP contribution in [0.3, 0.4) is 0 Å². The first-order chi connectivity index (χ1) is 10.6. The molecule has 4 bridgehead atoms. The smallest absolute Gasteiger partial charge is 0.226 e. The molecule has 4 fully saturated rings. The fourth-order valence-corrected chi connectivity index (χ4v) is 5.64. The second kappa shape index (κ2) is 5.55. The Hall–Kier alpha value is -1.03. The average molecular weight is 322 g/mol. The molecule has 0 saturated heterocycles. The monoisotopic (exact) mass is 321 g/mol. The molecule has 1 amide bonds. The van der Waals surface area contributed by atoms with Crippen molar-refractivity contribution in [2.45, 2.75) is 51.5 Å². The molecule has 1 N–H and O–H groups in total. The average Bonchev–Trinajstić information content (AvgIpc) is 2.87. The summed E-state index contributed by atoms with van der Waals surface area (Å²) in [6.07, 6.45) is 11.9.